The van der Waals surface area contributed by atoms with E-state index in [1.54, 1.807) is 24.6 Å². The molecule has 0 saturated heterocycles. The number of halogens is 1. The molecule has 2 aromatic carbocycles. The van der Waals surface area contributed by atoms with Crippen LogP contribution < -0.4 is 5.32 Å². The van der Waals surface area contributed by atoms with Gasteiger partial charge in [-0.15, -0.1) is 0 Å². The quantitative estimate of drug-likeness (QED) is 0.459. The highest BCUT2D eigenvalue weighted by Crippen LogP contribution is 2.26. The van der Waals surface area contributed by atoms with Crippen molar-refractivity contribution < 1.29 is 14.6 Å². The van der Waals surface area contributed by atoms with Gasteiger partial charge in [-0.25, -0.2) is 0 Å². The minimum absolute atomic E-state index is 0.200. The van der Waals surface area contributed by atoms with Crippen LogP contribution >= 0.6 is 11.6 Å². The Morgan fingerprint density at radius 1 is 1.10 bits per heavy atom. The normalized spacial score (nSPS) is 10.6. The molecule has 0 spiro atoms. The maximum Gasteiger partial charge on any atom is 0.277 e. The van der Waals surface area contributed by atoms with Crippen molar-refractivity contribution in [2.24, 2.45) is 0 Å². The molecule has 30 heavy (non-hydrogen) atoms. The van der Waals surface area contributed by atoms with Gasteiger partial charge in [0.1, 0.15) is 0 Å². The monoisotopic (exact) mass is 429 g/mol. The zero-order valence-electron chi connectivity index (χ0n) is 16.0. The van der Waals surface area contributed by atoms with Crippen molar-refractivity contribution in [2.45, 2.75) is 20.4 Å². The van der Waals surface area contributed by atoms with E-state index in [1.807, 2.05) is 18.2 Å². The standard InChI is InChI=1S/C19H16ClN5O5/c1-11-18(12(2)23(22-11)10-13-5-3-4-6-17(13)20)21-19(26)14-7-15(24(27)28)9-16(8-14)25(29)30/h3-9H,10H2,1-2H3,(H,21,26). The van der Waals surface area contributed by atoms with Crippen LogP contribution in [0.25, 0.3) is 0 Å². The molecule has 0 aliphatic rings. The Bertz CT molecular complexity index is 1140. The van der Waals surface area contributed by atoms with E-state index in [2.05, 4.69) is 10.4 Å². The van der Waals surface area contributed by atoms with Crippen LogP contribution in [0.15, 0.2) is 42.5 Å². The first-order chi connectivity index (χ1) is 14.2. The van der Waals surface area contributed by atoms with Gasteiger partial charge in [-0.1, -0.05) is 29.8 Å². The zero-order valence-corrected chi connectivity index (χ0v) is 16.7. The molecule has 0 aliphatic carbocycles. The number of benzene rings is 2. The third-order valence-corrected chi connectivity index (χ3v) is 4.85. The zero-order chi connectivity index (χ0) is 22.0. The van der Waals surface area contributed by atoms with Crippen LogP contribution in [0.4, 0.5) is 17.1 Å². The predicted octanol–water partition coefficient (Wildman–Crippen LogP) is 4.27. The largest absolute Gasteiger partial charge is 0.319 e. The molecule has 3 aromatic rings. The van der Waals surface area contributed by atoms with E-state index in [1.165, 1.54) is 0 Å². The number of anilines is 1. The van der Waals surface area contributed by atoms with Crippen LogP contribution in [0.2, 0.25) is 5.02 Å². The average molecular weight is 430 g/mol. The Balaban J connectivity index is 1.91. The average Bonchev–Trinajstić information content (AvgIpc) is 2.96. The number of hydrogen-bond acceptors (Lipinski definition) is 6. The first-order valence-electron chi connectivity index (χ1n) is 8.70. The van der Waals surface area contributed by atoms with Crippen molar-refractivity contribution in [1.29, 1.82) is 0 Å². The van der Waals surface area contributed by atoms with Crippen molar-refractivity contribution in [3.05, 3.63) is 90.2 Å². The lowest BCUT2D eigenvalue weighted by atomic mass is 10.1. The molecule has 10 nitrogen and oxygen atoms in total. The van der Waals surface area contributed by atoms with Crippen LogP contribution in [0.5, 0.6) is 0 Å². The molecule has 3 rings (SSSR count). The van der Waals surface area contributed by atoms with Gasteiger partial charge in [-0.05, 0) is 25.5 Å². The molecular weight excluding hydrogens is 414 g/mol. The van der Waals surface area contributed by atoms with Crippen molar-refractivity contribution in [3.63, 3.8) is 0 Å². The minimum atomic E-state index is -0.790. The second kappa shape index (κ2) is 8.29. The molecule has 1 aromatic heterocycles. The maximum atomic E-state index is 12.7. The molecule has 1 heterocycles. The second-order valence-corrected chi connectivity index (χ2v) is 6.91. The van der Waals surface area contributed by atoms with E-state index in [9.17, 15) is 25.0 Å². The molecular formula is C19H16ClN5O5. The van der Waals surface area contributed by atoms with Crippen LogP contribution in [-0.2, 0) is 6.54 Å². The van der Waals surface area contributed by atoms with Crippen LogP contribution in [0.3, 0.4) is 0 Å². The third-order valence-electron chi connectivity index (χ3n) is 4.48. The summed E-state index contributed by atoms with van der Waals surface area (Å²) in [5, 5.41) is 29.7. The van der Waals surface area contributed by atoms with Crippen LogP contribution in [-0.4, -0.2) is 25.5 Å². The van der Waals surface area contributed by atoms with Gasteiger partial charge in [0.2, 0.25) is 0 Å². The summed E-state index contributed by atoms with van der Waals surface area (Å²) in [6.45, 7) is 3.83. The van der Waals surface area contributed by atoms with Gasteiger partial charge in [-0.3, -0.25) is 29.7 Å². The molecule has 0 atom stereocenters. The Kier molecular flexibility index (Phi) is 5.79. The first kappa shape index (κ1) is 20.9. The number of aromatic nitrogens is 2. The van der Waals surface area contributed by atoms with Crippen molar-refractivity contribution >= 4 is 34.6 Å². The minimum Gasteiger partial charge on any atom is -0.319 e. The predicted molar refractivity (Wildman–Crippen MR) is 110 cm³/mol. The first-order valence-corrected chi connectivity index (χ1v) is 9.07. The fourth-order valence-corrected chi connectivity index (χ4v) is 3.14. The molecule has 1 amide bonds. The topological polar surface area (TPSA) is 133 Å². The summed E-state index contributed by atoms with van der Waals surface area (Å²) in [4.78, 5) is 33.2. The summed E-state index contributed by atoms with van der Waals surface area (Å²) in [6.07, 6.45) is 0. The summed E-state index contributed by atoms with van der Waals surface area (Å²) in [5.74, 6) is -0.717. The Morgan fingerprint density at radius 3 is 2.27 bits per heavy atom. The number of carbonyl (C=O) groups is 1. The summed E-state index contributed by atoms with van der Waals surface area (Å²) >= 11 is 6.20. The molecule has 0 aliphatic heterocycles. The van der Waals surface area contributed by atoms with Gasteiger partial charge in [0.15, 0.2) is 0 Å². The van der Waals surface area contributed by atoms with Gasteiger partial charge >= 0.3 is 0 Å². The molecule has 11 heteroatoms. The number of hydrogen-bond donors (Lipinski definition) is 1. The molecule has 1 N–H and O–H groups in total. The van der Waals surface area contributed by atoms with Gasteiger partial charge in [0.05, 0.1) is 45.1 Å². The molecule has 0 unspecified atom stereocenters. The van der Waals surface area contributed by atoms with Gasteiger partial charge < -0.3 is 5.32 Å². The van der Waals surface area contributed by atoms with Gasteiger partial charge in [-0.2, -0.15) is 5.10 Å². The summed E-state index contributed by atoms with van der Waals surface area (Å²) in [6, 6.07) is 10.1. The van der Waals surface area contributed by atoms with Gasteiger partial charge in [0, 0.05) is 17.2 Å². The lowest BCUT2D eigenvalue weighted by molar-refractivity contribution is -0.394. The molecule has 154 valence electrons. The maximum absolute atomic E-state index is 12.7. The highest BCUT2D eigenvalue weighted by atomic mass is 35.5. The fraction of sp³-hybridized carbons (Fsp3) is 0.158. The van der Waals surface area contributed by atoms with E-state index in [-0.39, 0.29) is 5.56 Å². The van der Waals surface area contributed by atoms with Crippen LogP contribution in [0.1, 0.15) is 27.3 Å². The number of rotatable bonds is 6. The molecule has 0 fully saturated rings. The number of nitro benzene ring substituents is 2. The highest BCUT2D eigenvalue weighted by molar-refractivity contribution is 6.31. The number of nitro groups is 2. The van der Waals surface area contributed by atoms with Crippen molar-refractivity contribution in [2.75, 3.05) is 5.32 Å². The third kappa shape index (κ3) is 4.28. The van der Waals surface area contributed by atoms with Crippen molar-refractivity contribution in [3.8, 4) is 0 Å². The molecule has 0 saturated carbocycles. The molecule has 0 bridgehead atoms. The van der Waals surface area contributed by atoms with Gasteiger partial charge in [0.25, 0.3) is 17.3 Å². The lowest BCUT2D eigenvalue weighted by Gasteiger charge is -2.08. The van der Waals surface area contributed by atoms with E-state index < -0.39 is 27.1 Å². The summed E-state index contributed by atoms with van der Waals surface area (Å²) < 4.78 is 1.67. The van der Waals surface area contributed by atoms with Crippen LogP contribution in [0, 0.1) is 34.1 Å². The Morgan fingerprint density at radius 2 is 1.70 bits per heavy atom. The van der Waals surface area contributed by atoms with E-state index in [4.69, 9.17) is 11.6 Å². The fourth-order valence-electron chi connectivity index (χ4n) is 2.94. The van der Waals surface area contributed by atoms with E-state index in [0.717, 1.165) is 23.8 Å². The second-order valence-electron chi connectivity index (χ2n) is 6.50. The van der Waals surface area contributed by atoms with E-state index >= 15 is 0 Å². The summed E-state index contributed by atoms with van der Waals surface area (Å²) in [7, 11) is 0. The number of carbonyl (C=O) groups excluding carboxylic acids is 1. The van der Waals surface area contributed by atoms with Crippen molar-refractivity contribution in [1.82, 2.24) is 9.78 Å². The Hall–Kier alpha value is -3.79. The summed E-state index contributed by atoms with van der Waals surface area (Å²) in [5.41, 5.74) is 1.13. The highest BCUT2D eigenvalue weighted by Gasteiger charge is 2.22. The number of nitrogens with one attached hydrogen (secondary N) is 1. The smallest absolute Gasteiger partial charge is 0.277 e. The van der Waals surface area contributed by atoms with E-state index in [0.29, 0.717) is 28.6 Å². The number of aryl methyl sites for hydroxylation is 1. The number of non-ortho nitro benzene ring substituents is 2. The molecule has 0 radical (unpaired) electrons. The Labute approximate surface area is 175 Å². The SMILES string of the molecule is Cc1nn(Cc2ccccc2Cl)c(C)c1NC(=O)c1cc([N+](=O)[O-])cc([N+](=O)[O-])c1. The number of nitrogens with zero attached hydrogens (tertiary/aromatic N) is 4. The number of amides is 1. The lowest BCUT2D eigenvalue weighted by Crippen LogP contribution is -2.14.